The summed E-state index contributed by atoms with van der Waals surface area (Å²) in [5, 5.41) is 31.4. The lowest BCUT2D eigenvalue weighted by Gasteiger charge is -2.38. The largest absolute Gasteiger partial charge is 0.481 e. The summed E-state index contributed by atoms with van der Waals surface area (Å²) in [6, 6.07) is 7.86. The number of nitrogens with zero attached hydrogens (tertiary/aromatic N) is 5. The average molecular weight is 789 g/mol. The minimum absolute atomic E-state index is 0.0190. The van der Waals surface area contributed by atoms with Gasteiger partial charge in [-0.25, -0.2) is 8.42 Å². The molecule has 1 fully saturated rings. The first-order chi connectivity index (χ1) is 25.5. The third kappa shape index (κ3) is 7.50. The Hall–Kier alpha value is -4.32. The van der Waals surface area contributed by atoms with E-state index in [1.165, 1.54) is 36.5 Å². The zero-order valence-electron chi connectivity index (χ0n) is 32.1. The lowest BCUT2D eigenvalue weighted by molar-refractivity contribution is -0.147. The van der Waals surface area contributed by atoms with Gasteiger partial charge in [-0.1, -0.05) is 18.2 Å². The van der Waals surface area contributed by atoms with E-state index in [9.17, 15) is 36.6 Å². The van der Waals surface area contributed by atoms with E-state index in [1.807, 2.05) is 6.92 Å². The van der Waals surface area contributed by atoms with Crippen LogP contribution in [-0.2, 0) is 32.3 Å². The van der Waals surface area contributed by atoms with Crippen molar-refractivity contribution in [2.45, 2.75) is 109 Å². The van der Waals surface area contributed by atoms with Gasteiger partial charge >= 0.3 is 12.1 Å². The van der Waals surface area contributed by atoms with E-state index in [0.717, 1.165) is 9.96 Å². The van der Waals surface area contributed by atoms with E-state index in [2.05, 4.69) is 20.5 Å². The first-order valence-corrected chi connectivity index (χ1v) is 19.4. The molecule has 2 aliphatic heterocycles. The predicted molar refractivity (Wildman–Crippen MR) is 197 cm³/mol. The van der Waals surface area contributed by atoms with Crippen molar-refractivity contribution in [1.82, 2.24) is 23.9 Å². The number of aryl methyl sites for hydroxylation is 3. The SMILES string of the molecule is Cc1ccc(C(c2ccn3c(C(F)(F)F)nnc3c2C)C(C)(C)C(=O)O)cc1CN1CC2(CCOCC2)Oc2nc(N[C@H](C)C(C)(C)O)c(C)cc2S1(=O)=O. The molecule has 17 heteroatoms. The maximum Gasteiger partial charge on any atom is 0.452 e. The highest BCUT2D eigenvalue weighted by molar-refractivity contribution is 7.89. The summed E-state index contributed by atoms with van der Waals surface area (Å²) in [6.45, 7) is 13.9. The molecule has 1 saturated heterocycles. The molecule has 3 N–H and O–H groups in total. The zero-order valence-corrected chi connectivity index (χ0v) is 32.9. The molecule has 1 aromatic carbocycles. The van der Waals surface area contributed by atoms with Crippen LogP contribution in [0.3, 0.4) is 0 Å². The number of benzene rings is 1. The highest BCUT2D eigenvalue weighted by Gasteiger charge is 2.47. The molecular weight excluding hydrogens is 742 g/mol. The smallest absolute Gasteiger partial charge is 0.452 e. The lowest BCUT2D eigenvalue weighted by Crippen LogP contribution is -2.50. The molecule has 13 nitrogen and oxygen atoms in total. The molecule has 1 spiro atoms. The van der Waals surface area contributed by atoms with E-state index < -0.39 is 56.6 Å². The van der Waals surface area contributed by atoms with E-state index in [1.54, 1.807) is 52.8 Å². The number of carbonyl (C=O) groups is 1. The monoisotopic (exact) mass is 788 g/mol. The minimum atomic E-state index is -4.76. The van der Waals surface area contributed by atoms with Gasteiger partial charge in [-0.2, -0.15) is 22.5 Å². The Kier molecular flexibility index (Phi) is 10.3. The van der Waals surface area contributed by atoms with Gasteiger partial charge in [0.15, 0.2) is 5.65 Å². The van der Waals surface area contributed by atoms with Crippen LogP contribution in [0.4, 0.5) is 19.0 Å². The molecule has 0 amide bonds. The first kappa shape index (κ1) is 40.3. The summed E-state index contributed by atoms with van der Waals surface area (Å²) in [7, 11) is -4.25. The van der Waals surface area contributed by atoms with Crippen LogP contribution in [0, 0.1) is 26.2 Å². The molecule has 6 rings (SSSR count). The fraction of sp³-hybridized carbons (Fsp3) is 0.526. The maximum atomic E-state index is 14.7. The number of carboxylic acids is 1. The second kappa shape index (κ2) is 14.0. The van der Waals surface area contributed by atoms with Crippen LogP contribution in [0.1, 0.15) is 92.6 Å². The molecule has 2 atom stereocenters. The Labute approximate surface area is 317 Å². The topological polar surface area (TPSA) is 168 Å². The summed E-state index contributed by atoms with van der Waals surface area (Å²) >= 11 is 0. The van der Waals surface area contributed by atoms with Crippen LogP contribution >= 0.6 is 0 Å². The highest BCUT2D eigenvalue weighted by atomic mass is 32.2. The summed E-state index contributed by atoms with van der Waals surface area (Å²) in [5.41, 5.74) is -0.458. The van der Waals surface area contributed by atoms with E-state index in [4.69, 9.17) is 9.47 Å². The van der Waals surface area contributed by atoms with Crippen LogP contribution in [0.2, 0.25) is 0 Å². The lowest BCUT2D eigenvalue weighted by atomic mass is 9.70. The van der Waals surface area contributed by atoms with Gasteiger partial charge in [0, 0.05) is 31.5 Å². The molecule has 55 heavy (non-hydrogen) atoms. The highest BCUT2D eigenvalue weighted by Crippen LogP contribution is 2.45. The quantitative estimate of drug-likeness (QED) is 0.182. The molecule has 2 aliphatic rings. The van der Waals surface area contributed by atoms with Crippen LogP contribution in [0.5, 0.6) is 5.88 Å². The van der Waals surface area contributed by atoms with Gasteiger partial charge in [0.25, 0.3) is 0 Å². The van der Waals surface area contributed by atoms with Gasteiger partial charge in [0.1, 0.15) is 16.3 Å². The fourth-order valence-corrected chi connectivity index (χ4v) is 8.85. The van der Waals surface area contributed by atoms with E-state index in [-0.39, 0.29) is 29.5 Å². The molecule has 3 aromatic heterocycles. The number of hydrogen-bond acceptors (Lipinski definition) is 10. The van der Waals surface area contributed by atoms with Gasteiger partial charge in [-0.3, -0.25) is 9.20 Å². The standard InChI is InChI=1S/C38H47F3N6O7S/c1-21-9-10-25(29(35(5,6)34(48)49)27-11-14-47-31(23(27)3)44-45-33(47)38(39,40)41)18-26(21)19-46-20-37(12-15-53-16-13-37)54-32-28(55(46,51)52)17-22(2)30(43-32)42-24(4)36(7,8)50/h9-11,14,17-18,24,29,50H,12-13,15-16,19-20H2,1-8H3,(H,42,43)(H,48,49)/t24-,29?/m1/s1. The maximum absolute atomic E-state index is 14.7. The van der Waals surface area contributed by atoms with Crippen molar-refractivity contribution in [1.29, 1.82) is 0 Å². The molecular formula is C38H47F3N6O7S. The minimum Gasteiger partial charge on any atom is -0.481 e. The molecule has 298 valence electrons. The molecule has 5 heterocycles. The zero-order chi connectivity index (χ0) is 40.5. The third-order valence-corrected chi connectivity index (χ3v) is 12.9. The number of sulfonamides is 1. The number of halogens is 3. The average Bonchev–Trinajstić information content (AvgIpc) is 3.51. The number of carboxylic acid groups (broad SMARTS) is 1. The van der Waals surface area contributed by atoms with Gasteiger partial charge < -0.3 is 25.0 Å². The molecule has 0 aliphatic carbocycles. The van der Waals surface area contributed by atoms with Crippen LogP contribution in [0.15, 0.2) is 41.4 Å². The van der Waals surface area contributed by atoms with Crippen LogP contribution < -0.4 is 10.1 Å². The number of fused-ring (bicyclic) bond motifs is 2. The summed E-state index contributed by atoms with van der Waals surface area (Å²) in [5.74, 6) is -2.91. The predicted octanol–water partition coefficient (Wildman–Crippen LogP) is 6.01. The second-order valence-corrected chi connectivity index (χ2v) is 17.8. The van der Waals surface area contributed by atoms with Crippen molar-refractivity contribution in [3.8, 4) is 5.88 Å². The van der Waals surface area contributed by atoms with Gasteiger partial charge in [0.2, 0.25) is 21.7 Å². The summed E-state index contributed by atoms with van der Waals surface area (Å²) in [4.78, 5) is 17.4. The summed E-state index contributed by atoms with van der Waals surface area (Å²) < 4.78 is 84.9. The number of nitrogens with one attached hydrogen (secondary N) is 1. The fourth-order valence-electron chi connectivity index (χ4n) is 7.23. The summed E-state index contributed by atoms with van der Waals surface area (Å²) in [6.07, 6.45) is -2.78. The molecule has 0 radical (unpaired) electrons. The number of aliphatic carboxylic acids is 1. The Morgan fingerprint density at radius 1 is 1.04 bits per heavy atom. The van der Waals surface area contributed by atoms with Crippen LogP contribution in [0.25, 0.3) is 5.65 Å². The Morgan fingerprint density at radius 3 is 2.33 bits per heavy atom. The van der Waals surface area contributed by atoms with Gasteiger partial charge in [0.05, 0.1) is 36.8 Å². The number of aromatic nitrogens is 4. The molecule has 1 unspecified atom stereocenters. The normalized spacial score (nSPS) is 18.7. The number of hydrogen-bond donors (Lipinski definition) is 3. The number of rotatable bonds is 9. The number of alkyl halides is 3. The van der Waals surface area contributed by atoms with Crippen molar-refractivity contribution < 1.29 is 46.1 Å². The molecule has 0 bridgehead atoms. The Bertz CT molecular complexity index is 2250. The molecule has 0 saturated carbocycles. The van der Waals surface area contributed by atoms with E-state index in [0.29, 0.717) is 59.7 Å². The number of aliphatic hydroxyl groups is 1. The Morgan fingerprint density at radius 2 is 1.71 bits per heavy atom. The van der Waals surface area contributed by atoms with Crippen molar-refractivity contribution in [2.75, 3.05) is 25.1 Å². The first-order valence-electron chi connectivity index (χ1n) is 18.0. The van der Waals surface area contributed by atoms with Crippen molar-refractivity contribution in [2.24, 2.45) is 5.41 Å². The second-order valence-electron chi connectivity index (χ2n) is 15.9. The van der Waals surface area contributed by atoms with Crippen molar-refractivity contribution >= 4 is 27.5 Å². The number of anilines is 1. The Balaban J connectivity index is 1.45. The molecule has 4 aromatic rings. The van der Waals surface area contributed by atoms with Crippen molar-refractivity contribution in [3.63, 3.8) is 0 Å². The van der Waals surface area contributed by atoms with Gasteiger partial charge in [-0.15, -0.1) is 10.2 Å². The van der Waals surface area contributed by atoms with Gasteiger partial charge in [-0.05, 0) is 101 Å². The number of ether oxygens (including phenoxy) is 2. The van der Waals surface area contributed by atoms with Crippen LogP contribution in [-0.4, -0.2) is 85.5 Å². The number of pyridine rings is 2. The van der Waals surface area contributed by atoms with E-state index >= 15 is 0 Å². The third-order valence-electron chi connectivity index (χ3n) is 11.1. The van der Waals surface area contributed by atoms with Crippen molar-refractivity contribution in [3.05, 3.63) is 75.7 Å².